The summed E-state index contributed by atoms with van der Waals surface area (Å²) in [5.41, 5.74) is 2.23. The maximum atomic E-state index is 12.2. The summed E-state index contributed by atoms with van der Waals surface area (Å²) in [5, 5.41) is 29.6. The van der Waals surface area contributed by atoms with E-state index in [2.05, 4.69) is 21.9 Å². The van der Waals surface area contributed by atoms with Gasteiger partial charge in [0.25, 0.3) is 0 Å². The van der Waals surface area contributed by atoms with E-state index in [1.807, 2.05) is 0 Å². The van der Waals surface area contributed by atoms with Crippen molar-refractivity contribution in [3.8, 4) is 0 Å². The molecular formula is C19H25N5O5. The Balaban J connectivity index is 1.62. The first-order valence-electron chi connectivity index (χ1n) is 9.86. The van der Waals surface area contributed by atoms with E-state index in [1.165, 1.54) is 10.9 Å². The number of hydrogen-bond donors (Lipinski definition) is 3. The Bertz CT molecular complexity index is 1020. The summed E-state index contributed by atoms with van der Waals surface area (Å²) in [6.07, 6.45) is 4.29. The van der Waals surface area contributed by atoms with Crippen LogP contribution in [0.5, 0.6) is 0 Å². The van der Waals surface area contributed by atoms with Crippen molar-refractivity contribution >= 4 is 22.6 Å². The molecule has 1 fully saturated rings. The van der Waals surface area contributed by atoms with Crippen molar-refractivity contribution in [3.63, 3.8) is 0 Å². The van der Waals surface area contributed by atoms with Gasteiger partial charge in [0.2, 0.25) is 0 Å². The molecule has 0 saturated carbocycles. The molecule has 0 spiro atoms. The summed E-state index contributed by atoms with van der Waals surface area (Å²) < 4.78 is 8.83. The van der Waals surface area contributed by atoms with Gasteiger partial charge in [-0.1, -0.05) is 19.8 Å². The molecule has 0 bridgehead atoms. The summed E-state index contributed by atoms with van der Waals surface area (Å²) in [7, 11) is 0. The molecule has 10 nitrogen and oxygen atoms in total. The predicted octanol–water partition coefficient (Wildman–Crippen LogP) is 0.382. The van der Waals surface area contributed by atoms with Gasteiger partial charge in [-0.25, -0.2) is 15.0 Å². The molecule has 29 heavy (non-hydrogen) atoms. The van der Waals surface area contributed by atoms with Gasteiger partial charge in [0.05, 0.1) is 18.6 Å². The van der Waals surface area contributed by atoms with Crippen molar-refractivity contribution in [2.75, 3.05) is 6.61 Å². The van der Waals surface area contributed by atoms with Crippen LogP contribution in [0.15, 0.2) is 18.9 Å². The molecule has 0 radical (unpaired) electrons. The lowest BCUT2D eigenvalue weighted by molar-refractivity contribution is -0.118. The van der Waals surface area contributed by atoms with Crippen molar-refractivity contribution in [1.82, 2.24) is 23.9 Å². The van der Waals surface area contributed by atoms with Gasteiger partial charge in [0.1, 0.15) is 30.4 Å². The number of rotatable bonds is 8. The normalized spacial score (nSPS) is 24.7. The number of hydrogen-bond acceptors (Lipinski definition) is 8. The van der Waals surface area contributed by atoms with E-state index in [1.54, 1.807) is 16.9 Å². The molecule has 156 valence electrons. The van der Waals surface area contributed by atoms with Crippen LogP contribution in [0.4, 0.5) is 0 Å². The second-order valence-electron chi connectivity index (χ2n) is 7.41. The number of carbonyl (C=O) groups excluding carboxylic acids is 1. The van der Waals surface area contributed by atoms with Crippen molar-refractivity contribution in [1.29, 1.82) is 0 Å². The topological polar surface area (TPSA) is 135 Å². The zero-order valence-electron chi connectivity index (χ0n) is 16.2. The Hall–Kier alpha value is -2.40. The number of ketones is 1. The SMILES string of the molecule is CCCCCC(=O)Cc1cnc2c3ncn([C@@H]4O[C@H](CO)[C@@H](O)[C@H]4O)c3ncn12. The number of aliphatic hydroxyl groups excluding tert-OH is 3. The first-order valence-corrected chi connectivity index (χ1v) is 9.86. The Morgan fingerprint density at radius 1 is 1.14 bits per heavy atom. The highest BCUT2D eigenvalue weighted by molar-refractivity contribution is 5.86. The minimum Gasteiger partial charge on any atom is -0.394 e. The average Bonchev–Trinajstić information content (AvgIpc) is 3.39. The van der Waals surface area contributed by atoms with Crippen molar-refractivity contribution in [2.24, 2.45) is 0 Å². The second-order valence-corrected chi connectivity index (χ2v) is 7.41. The van der Waals surface area contributed by atoms with Crippen LogP contribution >= 0.6 is 0 Å². The zero-order valence-corrected chi connectivity index (χ0v) is 16.2. The van der Waals surface area contributed by atoms with Gasteiger partial charge in [-0.3, -0.25) is 13.8 Å². The summed E-state index contributed by atoms with van der Waals surface area (Å²) in [4.78, 5) is 25.4. The van der Waals surface area contributed by atoms with Gasteiger partial charge < -0.3 is 20.1 Å². The highest BCUT2D eigenvalue weighted by Gasteiger charge is 2.44. The first kappa shape index (κ1) is 19.9. The van der Waals surface area contributed by atoms with Crippen LogP contribution in [0.25, 0.3) is 16.8 Å². The third-order valence-corrected chi connectivity index (χ3v) is 5.38. The third kappa shape index (κ3) is 3.52. The van der Waals surface area contributed by atoms with Crippen LogP contribution in [-0.2, 0) is 16.0 Å². The molecule has 4 heterocycles. The van der Waals surface area contributed by atoms with Crippen LogP contribution in [0.1, 0.15) is 44.5 Å². The Kier molecular flexibility index (Phi) is 5.59. The number of unbranched alkanes of at least 4 members (excludes halogenated alkanes) is 2. The van der Waals surface area contributed by atoms with Gasteiger partial charge in [0.15, 0.2) is 23.0 Å². The van der Waals surface area contributed by atoms with Gasteiger partial charge in [0, 0.05) is 19.0 Å². The Morgan fingerprint density at radius 3 is 2.69 bits per heavy atom. The molecule has 0 amide bonds. The minimum absolute atomic E-state index is 0.164. The molecule has 4 atom stereocenters. The van der Waals surface area contributed by atoms with E-state index in [0.717, 1.165) is 25.0 Å². The van der Waals surface area contributed by atoms with E-state index >= 15 is 0 Å². The maximum absolute atomic E-state index is 12.2. The van der Waals surface area contributed by atoms with E-state index in [9.17, 15) is 20.1 Å². The smallest absolute Gasteiger partial charge is 0.168 e. The third-order valence-electron chi connectivity index (χ3n) is 5.38. The van der Waals surface area contributed by atoms with Gasteiger partial charge in [-0.05, 0) is 6.42 Å². The predicted molar refractivity (Wildman–Crippen MR) is 102 cm³/mol. The van der Waals surface area contributed by atoms with Crippen LogP contribution < -0.4 is 0 Å². The summed E-state index contributed by atoms with van der Waals surface area (Å²) in [5.74, 6) is 0.164. The summed E-state index contributed by atoms with van der Waals surface area (Å²) in [6, 6.07) is 0. The molecule has 1 saturated heterocycles. The molecule has 0 aliphatic carbocycles. The van der Waals surface area contributed by atoms with E-state index in [0.29, 0.717) is 23.2 Å². The molecule has 3 aromatic rings. The first-order chi connectivity index (χ1) is 14.0. The molecule has 1 aliphatic heterocycles. The molecule has 3 aromatic heterocycles. The van der Waals surface area contributed by atoms with Crippen molar-refractivity contribution in [2.45, 2.75) is 63.6 Å². The van der Waals surface area contributed by atoms with Gasteiger partial charge >= 0.3 is 0 Å². The lowest BCUT2D eigenvalue weighted by Crippen LogP contribution is -2.33. The van der Waals surface area contributed by atoms with Crippen LogP contribution in [0, 0.1) is 0 Å². The summed E-state index contributed by atoms with van der Waals surface area (Å²) in [6.45, 7) is 1.69. The molecule has 1 aliphatic rings. The molecule has 10 heteroatoms. The average molecular weight is 403 g/mol. The van der Waals surface area contributed by atoms with Crippen LogP contribution in [-0.4, -0.2) is 69.9 Å². The highest BCUT2D eigenvalue weighted by Crippen LogP contribution is 2.31. The van der Waals surface area contributed by atoms with Gasteiger partial charge in [-0.2, -0.15) is 0 Å². The zero-order chi connectivity index (χ0) is 20.5. The summed E-state index contributed by atoms with van der Waals surface area (Å²) >= 11 is 0. The maximum Gasteiger partial charge on any atom is 0.168 e. The number of fused-ring (bicyclic) bond motifs is 3. The highest BCUT2D eigenvalue weighted by atomic mass is 16.6. The van der Waals surface area contributed by atoms with Crippen LogP contribution in [0.2, 0.25) is 0 Å². The van der Waals surface area contributed by atoms with E-state index in [-0.39, 0.29) is 12.2 Å². The molecule has 0 unspecified atom stereocenters. The number of Topliss-reactive ketones (excluding diaryl/α,β-unsaturated/α-hetero) is 1. The number of imidazole rings is 2. The molecule has 0 aromatic carbocycles. The lowest BCUT2D eigenvalue weighted by atomic mass is 10.1. The largest absolute Gasteiger partial charge is 0.394 e. The standard InChI is InChI=1S/C19H25N5O5/c1-2-3-4-5-12(26)6-11-7-20-17-14-18(22-10-23(11)17)24(9-21-14)19-16(28)15(27)13(8-25)29-19/h7,9-10,13,15-16,19,25,27-28H,2-6,8H2,1H3/t13-,15-,16-,19-/m1/s1. The molecular weight excluding hydrogens is 378 g/mol. The Morgan fingerprint density at radius 2 is 1.97 bits per heavy atom. The number of ether oxygens (including phenoxy) is 1. The van der Waals surface area contributed by atoms with Gasteiger partial charge in [-0.15, -0.1) is 0 Å². The fraction of sp³-hybridized carbons (Fsp3) is 0.579. The number of carbonyl (C=O) groups is 1. The number of nitrogens with zero attached hydrogens (tertiary/aromatic N) is 5. The quantitative estimate of drug-likeness (QED) is 0.460. The number of aliphatic hydroxyl groups is 3. The van der Waals surface area contributed by atoms with E-state index < -0.39 is 31.1 Å². The van der Waals surface area contributed by atoms with Crippen molar-refractivity contribution < 1.29 is 24.9 Å². The fourth-order valence-electron chi connectivity index (χ4n) is 3.74. The molecule has 3 N–H and O–H groups in total. The molecule has 4 rings (SSSR count). The minimum atomic E-state index is -1.22. The van der Waals surface area contributed by atoms with Crippen LogP contribution in [0.3, 0.4) is 0 Å². The number of aromatic nitrogens is 5. The van der Waals surface area contributed by atoms with E-state index in [4.69, 9.17) is 4.74 Å². The fourth-order valence-corrected chi connectivity index (χ4v) is 3.74. The Labute approximate surface area is 166 Å². The lowest BCUT2D eigenvalue weighted by Gasteiger charge is -2.16. The van der Waals surface area contributed by atoms with Crippen molar-refractivity contribution in [3.05, 3.63) is 24.5 Å². The second kappa shape index (κ2) is 8.15. The monoisotopic (exact) mass is 403 g/mol.